The van der Waals surface area contributed by atoms with Crippen molar-refractivity contribution in [3.63, 3.8) is 0 Å². The van der Waals surface area contributed by atoms with Crippen molar-refractivity contribution in [2.24, 2.45) is 7.05 Å². The van der Waals surface area contributed by atoms with Gasteiger partial charge in [0.1, 0.15) is 27.5 Å². The van der Waals surface area contributed by atoms with Gasteiger partial charge in [0.05, 0.1) is 29.6 Å². The Labute approximate surface area is 216 Å². The van der Waals surface area contributed by atoms with E-state index in [0.717, 1.165) is 45.2 Å². The highest BCUT2D eigenvalue weighted by molar-refractivity contribution is 14.2. The highest BCUT2D eigenvalue weighted by atomic mass is 127. The Morgan fingerprint density at radius 1 is 1.18 bits per heavy atom. The zero-order valence-electron chi connectivity index (χ0n) is 19.2. The standard InChI is InChI=1S/C19H20ClIN7OPS.C2H6/c1-11-23-18-15(8-17(20)25-19(18)28(11)30-21)24-14-6-5-12(13-9-22-26(2)10-13)7-16(14)27(3)31(4)29;1-2/h5-10,30H,1-4H3,(H,24,25);1-2H3. The van der Waals surface area contributed by atoms with Crippen molar-refractivity contribution in [1.82, 2.24) is 24.1 Å². The van der Waals surface area contributed by atoms with Crippen LogP contribution < -0.4 is 9.62 Å². The van der Waals surface area contributed by atoms with Crippen LogP contribution in [0.4, 0.5) is 17.1 Å². The van der Waals surface area contributed by atoms with E-state index in [2.05, 4.69) is 37.4 Å². The highest BCUT2D eigenvalue weighted by Gasteiger charge is 2.17. The number of hydrogen-bond donors (Lipinski definition) is 1. The summed E-state index contributed by atoms with van der Waals surface area (Å²) in [6, 6.07) is 7.73. The first-order valence-electron chi connectivity index (χ1n) is 10.2. The first-order chi connectivity index (χ1) is 15.8. The molecule has 0 radical (unpaired) electrons. The quantitative estimate of drug-likeness (QED) is 0.161. The van der Waals surface area contributed by atoms with E-state index in [1.807, 2.05) is 62.7 Å². The van der Waals surface area contributed by atoms with Crippen LogP contribution in [-0.2, 0) is 18.0 Å². The Bertz CT molecular complexity index is 1310. The molecule has 3 heterocycles. The molecule has 4 aromatic rings. The van der Waals surface area contributed by atoms with Crippen molar-refractivity contribution < 1.29 is 4.21 Å². The molecule has 2 unspecified atom stereocenters. The minimum absolute atomic E-state index is 0.381. The molecule has 4 rings (SSSR count). The summed E-state index contributed by atoms with van der Waals surface area (Å²) in [6.45, 7) is 5.95. The molecule has 0 aliphatic rings. The number of nitrogens with zero attached hydrogens (tertiary/aromatic N) is 6. The van der Waals surface area contributed by atoms with Gasteiger partial charge >= 0.3 is 0 Å². The molecule has 0 fully saturated rings. The molecule has 0 spiro atoms. The van der Waals surface area contributed by atoms with E-state index in [-0.39, 0.29) is 0 Å². The average Bonchev–Trinajstić information content (AvgIpc) is 3.37. The molecule has 2 atom stereocenters. The Hall–Kier alpha value is -1.75. The average molecular weight is 618 g/mol. The van der Waals surface area contributed by atoms with Crippen molar-refractivity contribution in [3.8, 4) is 11.1 Å². The molecular formula is C21H26ClIN7OPS. The van der Waals surface area contributed by atoms with Crippen LogP contribution in [-0.4, -0.2) is 41.6 Å². The van der Waals surface area contributed by atoms with Crippen LogP contribution in [0.3, 0.4) is 0 Å². The summed E-state index contributed by atoms with van der Waals surface area (Å²) in [5.41, 5.74) is 5.77. The maximum absolute atomic E-state index is 12.3. The lowest BCUT2D eigenvalue weighted by atomic mass is 10.1. The van der Waals surface area contributed by atoms with Crippen molar-refractivity contribution in [2.75, 3.05) is 22.9 Å². The van der Waals surface area contributed by atoms with Gasteiger partial charge in [0.2, 0.25) is 0 Å². The Morgan fingerprint density at radius 2 is 1.91 bits per heavy atom. The fourth-order valence-electron chi connectivity index (χ4n) is 3.25. The van der Waals surface area contributed by atoms with Gasteiger partial charge in [-0.05, 0) is 46.7 Å². The molecule has 3 aromatic heterocycles. The molecule has 8 nitrogen and oxygen atoms in total. The number of rotatable bonds is 6. The summed E-state index contributed by atoms with van der Waals surface area (Å²) < 4.78 is 17.8. The normalized spacial score (nSPS) is 12.1. The number of aromatic nitrogens is 5. The SMILES string of the molecule is CC.Cc1nc2c(Nc3ccc(-c4cnn(C)c4)cc3N(C)S(C)=O)cc(Cl)nc2n1PI. The number of anilines is 3. The maximum atomic E-state index is 12.3. The molecular weight excluding hydrogens is 592 g/mol. The van der Waals surface area contributed by atoms with Gasteiger partial charge in [-0.25, -0.2) is 14.2 Å². The van der Waals surface area contributed by atoms with Gasteiger partial charge in [0.15, 0.2) is 5.65 Å². The Morgan fingerprint density at radius 3 is 2.52 bits per heavy atom. The third-order valence-electron chi connectivity index (χ3n) is 4.87. The largest absolute Gasteiger partial charge is 0.352 e. The summed E-state index contributed by atoms with van der Waals surface area (Å²) >= 11 is 8.63. The molecule has 1 N–H and O–H groups in total. The fourth-order valence-corrected chi connectivity index (χ4v) is 6.01. The zero-order chi connectivity index (χ0) is 24.3. The van der Waals surface area contributed by atoms with Crippen LogP contribution in [0.1, 0.15) is 19.7 Å². The number of halogens is 2. The monoisotopic (exact) mass is 617 g/mol. The first kappa shape index (κ1) is 25.9. The van der Waals surface area contributed by atoms with E-state index in [1.165, 1.54) is 0 Å². The molecule has 0 saturated carbocycles. The number of nitrogens with one attached hydrogen (secondary N) is 1. The number of fused-ring (bicyclic) bond motifs is 1. The van der Waals surface area contributed by atoms with Crippen LogP contribution >= 0.6 is 40.0 Å². The lowest BCUT2D eigenvalue weighted by molar-refractivity contribution is 0.685. The smallest absolute Gasteiger partial charge is 0.167 e. The highest BCUT2D eigenvalue weighted by Crippen LogP contribution is 2.38. The summed E-state index contributed by atoms with van der Waals surface area (Å²) in [6.07, 6.45) is 5.86. The van der Waals surface area contributed by atoms with Crippen molar-refractivity contribution in [3.05, 3.63) is 47.6 Å². The molecule has 0 aliphatic heterocycles. The van der Waals surface area contributed by atoms with Gasteiger partial charge in [-0.15, -0.1) is 0 Å². The third kappa shape index (κ3) is 5.50. The van der Waals surface area contributed by atoms with Crippen LogP contribution in [0, 0.1) is 6.92 Å². The zero-order valence-corrected chi connectivity index (χ0v) is 23.9. The predicted octanol–water partition coefficient (Wildman–Crippen LogP) is 6.08. The molecule has 176 valence electrons. The summed E-state index contributed by atoms with van der Waals surface area (Å²) in [5, 5.41) is 8.08. The molecule has 12 heteroatoms. The summed E-state index contributed by atoms with van der Waals surface area (Å²) in [5.74, 6) is 0.875. The first-order valence-corrected chi connectivity index (χ1v) is 16.1. The third-order valence-corrected chi connectivity index (χ3v) is 8.18. The predicted molar refractivity (Wildman–Crippen MR) is 151 cm³/mol. The molecule has 0 amide bonds. The Kier molecular flexibility index (Phi) is 8.71. The molecule has 0 aliphatic carbocycles. The van der Waals surface area contributed by atoms with Crippen molar-refractivity contribution in [1.29, 1.82) is 0 Å². The van der Waals surface area contributed by atoms with E-state index in [4.69, 9.17) is 16.6 Å². The summed E-state index contributed by atoms with van der Waals surface area (Å²) in [7, 11) is 2.47. The number of aryl methyl sites for hydroxylation is 2. The van der Waals surface area contributed by atoms with Crippen LogP contribution in [0.2, 0.25) is 5.15 Å². The second-order valence-electron chi connectivity index (χ2n) is 6.92. The van der Waals surface area contributed by atoms with Gasteiger partial charge < -0.3 is 5.32 Å². The minimum atomic E-state index is -1.21. The van der Waals surface area contributed by atoms with Gasteiger partial charge in [-0.2, -0.15) is 5.10 Å². The number of imidazole rings is 1. The number of pyridine rings is 1. The minimum Gasteiger partial charge on any atom is -0.352 e. The van der Waals surface area contributed by atoms with Crippen molar-refractivity contribution in [2.45, 2.75) is 20.8 Å². The summed E-state index contributed by atoms with van der Waals surface area (Å²) in [4.78, 5) is 9.17. The van der Waals surface area contributed by atoms with E-state index in [1.54, 1.807) is 28.4 Å². The van der Waals surface area contributed by atoms with Crippen LogP contribution in [0.25, 0.3) is 22.3 Å². The molecule has 0 bridgehead atoms. The number of hydrogen-bond acceptors (Lipinski definition) is 5. The van der Waals surface area contributed by atoms with E-state index in [9.17, 15) is 4.21 Å². The topological polar surface area (TPSA) is 80.9 Å². The lowest BCUT2D eigenvalue weighted by Crippen LogP contribution is -2.20. The van der Waals surface area contributed by atoms with Crippen molar-refractivity contribution >= 4 is 79.2 Å². The second-order valence-corrected chi connectivity index (χ2v) is 10.8. The molecule has 33 heavy (non-hydrogen) atoms. The molecule has 1 aromatic carbocycles. The fraction of sp³-hybridized carbons (Fsp3) is 0.286. The number of benzene rings is 1. The van der Waals surface area contributed by atoms with Crippen LogP contribution in [0.5, 0.6) is 0 Å². The van der Waals surface area contributed by atoms with E-state index >= 15 is 0 Å². The Balaban J connectivity index is 0.00000149. The van der Waals surface area contributed by atoms with Gasteiger partial charge in [-0.1, -0.05) is 31.5 Å². The lowest BCUT2D eigenvalue weighted by Gasteiger charge is -2.21. The molecule has 0 saturated heterocycles. The van der Waals surface area contributed by atoms with Gasteiger partial charge in [-0.3, -0.25) is 13.3 Å². The van der Waals surface area contributed by atoms with E-state index in [0.29, 0.717) is 11.5 Å². The maximum Gasteiger partial charge on any atom is 0.167 e. The van der Waals surface area contributed by atoms with Crippen LogP contribution in [0.15, 0.2) is 36.7 Å². The van der Waals surface area contributed by atoms with Gasteiger partial charge in [0.25, 0.3) is 0 Å². The van der Waals surface area contributed by atoms with E-state index < -0.39 is 11.0 Å². The van der Waals surface area contributed by atoms with Gasteiger partial charge in [0, 0.05) is 38.2 Å². The second kappa shape index (κ2) is 11.1.